The molecule has 1 aromatic carbocycles. The van der Waals surface area contributed by atoms with Crippen molar-refractivity contribution in [3.05, 3.63) is 35.9 Å². The number of aliphatic hydroxyl groups is 1. The van der Waals surface area contributed by atoms with Gasteiger partial charge in [-0.25, -0.2) is 0 Å². The minimum Gasteiger partial charge on any atom is -0.550 e. The summed E-state index contributed by atoms with van der Waals surface area (Å²) in [4.78, 5) is 24.7. The minimum atomic E-state index is -1.30. The van der Waals surface area contributed by atoms with Crippen LogP contribution < -0.4 is 5.11 Å². The fraction of sp³-hybridized carbons (Fsp3) is 0.467. The van der Waals surface area contributed by atoms with Gasteiger partial charge in [0, 0.05) is 24.9 Å². The van der Waals surface area contributed by atoms with E-state index in [0.29, 0.717) is 6.42 Å². The Bertz CT molecular complexity index is 502. The van der Waals surface area contributed by atoms with Crippen LogP contribution in [0.1, 0.15) is 24.9 Å². The van der Waals surface area contributed by atoms with Gasteiger partial charge in [-0.05, 0) is 12.0 Å². The lowest BCUT2D eigenvalue weighted by Gasteiger charge is -2.31. The minimum absolute atomic E-state index is 0.314. The number of benzene rings is 1. The molecule has 20 heavy (non-hydrogen) atoms. The zero-order chi connectivity index (χ0) is 14.9. The molecule has 108 valence electrons. The molecule has 0 bridgehead atoms. The number of carboxylic acids is 1. The maximum atomic E-state index is 12.0. The number of hydrogen-bond acceptors (Lipinski definition) is 4. The fourth-order valence-electron chi connectivity index (χ4n) is 3.07. The average Bonchev–Trinajstić information content (AvgIpc) is 2.65. The molecule has 1 amide bonds. The van der Waals surface area contributed by atoms with Crippen LogP contribution in [0.25, 0.3) is 0 Å². The zero-order valence-electron chi connectivity index (χ0n) is 11.5. The first-order valence-electron chi connectivity index (χ1n) is 6.69. The Morgan fingerprint density at radius 1 is 1.40 bits per heavy atom. The molecule has 1 saturated heterocycles. The molecule has 0 saturated carbocycles. The van der Waals surface area contributed by atoms with E-state index in [1.165, 1.54) is 4.90 Å². The molecule has 1 aromatic rings. The topological polar surface area (TPSA) is 80.7 Å². The van der Waals surface area contributed by atoms with Gasteiger partial charge in [-0.3, -0.25) is 4.79 Å². The second-order valence-electron chi connectivity index (χ2n) is 5.16. The number of carbonyl (C=O) groups excluding carboxylic acids is 2. The van der Waals surface area contributed by atoms with Crippen molar-refractivity contribution in [2.45, 2.75) is 25.5 Å². The van der Waals surface area contributed by atoms with Crippen molar-refractivity contribution in [1.29, 1.82) is 0 Å². The summed E-state index contributed by atoms with van der Waals surface area (Å²) in [6.07, 6.45) is -0.984. The van der Waals surface area contributed by atoms with Crippen LogP contribution >= 0.6 is 0 Å². The summed E-state index contributed by atoms with van der Waals surface area (Å²) in [7, 11) is 1.59. The Morgan fingerprint density at radius 2 is 2.00 bits per heavy atom. The summed E-state index contributed by atoms with van der Waals surface area (Å²) in [5, 5.41) is 21.4. The van der Waals surface area contributed by atoms with Crippen LogP contribution in [0.4, 0.5) is 0 Å². The Hall–Kier alpha value is -1.88. The number of aliphatic carboxylic acids is 1. The van der Waals surface area contributed by atoms with E-state index in [0.717, 1.165) is 5.56 Å². The van der Waals surface area contributed by atoms with Crippen LogP contribution in [0.15, 0.2) is 30.3 Å². The van der Waals surface area contributed by atoms with Crippen molar-refractivity contribution in [1.82, 2.24) is 4.90 Å². The number of aliphatic hydroxyl groups excluding tert-OH is 1. The zero-order valence-corrected chi connectivity index (χ0v) is 11.5. The molecule has 1 aliphatic rings. The van der Waals surface area contributed by atoms with Crippen molar-refractivity contribution in [2.75, 3.05) is 7.05 Å². The average molecular weight is 276 g/mol. The SMILES string of the molecule is CCC(C(=O)[O-])C1C(O)C(=O)N(C)C1c1ccccc1. The van der Waals surface area contributed by atoms with Crippen LogP contribution in [0.5, 0.6) is 0 Å². The van der Waals surface area contributed by atoms with Crippen LogP contribution in [0, 0.1) is 11.8 Å². The third-order valence-corrected chi connectivity index (χ3v) is 4.10. The van der Waals surface area contributed by atoms with Crippen molar-refractivity contribution < 1.29 is 19.8 Å². The molecule has 5 nitrogen and oxygen atoms in total. The number of carbonyl (C=O) groups is 2. The number of amides is 1. The maximum Gasteiger partial charge on any atom is 0.252 e. The van der Waals surface area contributed by atoms with Crippen LogP contribution in [-0.4, -0.2) is 35.0 Å². The van der Waals surface area contributed by atoms with Crippen LogP contribution in [0.2, 0.25) is 0 Å². The monoisotopic (exact) mass is 276 g/mol. The van der Waals surface area contributed by atoms with Gasteiger partial charge in [-0.1, -0.05) is 37.3 Å². The number of rotatable bonds is 4. The van der Waals surface area contributed by atoms with E-state index >= 15 is 0 Å². The number of likely N-dealkylation sites (N-methyl/N-ethyl adjacent to an activating group) is 1. The van der Waals surface area contributed by atoms with Gasteiger partial charge in [-0.2, -0.15) is 0 Å². The number of nitrogens with zero attached hydrogens (tertiary/aromatic N) is 1. The summed E-state index contributed by atoms with van der Waals surface area (Å²) in [6, 6.07) is 8.73. The summed E-state index contributed by atoms with van der Waals surface area (Å²) >= 11 is 0. The van der Waals surface area contributed by atoms with Gasteiger partial charge in [0.1, 0.15) is 6.10 Å². The molecule has 5 heteroatoms. The Labute approximate surface area is 117 Å². The largest absolute Gasteiger partial charge is 0.550 e. The van der Waals surface area contributed by atoms with Gasteiger partial charge < -0.3 is 19.9 Å². The molecule has 0 spiro atoms. The quantitative estimate of drug-likeness (QED) is 0.836. The molecular formula is C15H18NO4-. The number of likely N-dealkylation sites (tertiary alicyclic amines) is 1. The predicted molar refractivity (Wildman–Crippen MR) is 70.2 cm³/mol. The molecular weight excluding hydrogens is 258 g/mol. The van der Waals surface area contributed by atoms with Crippen LogP contribution in [-0.2, 0) is 9.59 Å². The van der Waals surface area contributed by atoms with Gasteiger partial charge in [0.05, 0.1) is 6.04 Å². The van der Waals surface area contributed by atoms with Crippen molar-refractivity contribution in [3.8, 4) is 0 Å². The highest BCUT2D eigenvalue weighted by Crippen LogP contribution is 2.42. The Kier molecular flexibility index (Phi) is 4.09. The van der Waals surface area contributed by atoms with E-state index < -0.39 is 35.9 Å². The first kappa shape index (κ1) is 14.5. The smallest absolute Gasteiger partial charge is 0.252 e. The number of carboxylic acid groups (broad SMARTS) is 1. The standard InChI is InChI=1S/C15H19NO4/c1-3-10(15(19)20)11-12(9-7-5-4-6-8-9)16(2)14(18)13(11)17/h4-8,10-13,17H,3H2,1-2H3,(H,19,20)/p-1. The van der Waals surface area contributed by atoms with E-state index in [-0.39, 0.29) is 0 Å². The third kappa shape index (κ3) is 2.29. The lowest BCUT2D eigenvalue weighted by atomic mass is 9.80. The van der Waals surface area contributed by atoms with Crippen molar-refractivity contribution >= 4 is 11.9 Å². The maximum absolute atomic E-state index is 12.0. The summed E-state index contributed by atoms with van der Waals surface area (Å²) in [5.41, 5.74) is 0.824. The van der Waals surface area contributed by atoms with Gasteiger partial charge in [0.15, 0.2) is 0 Å². The Morgan fingerprint density at radius 3 is 2.50 bits per heavy atom. The van der Waals surface area contributed by atoms with Gasteiger partial charge in [0.25, 0.3) is 5.91 Å². The molecule has 0 radical (unpaired) electrons. The molecule has 1 aliphatic heterocycles. The Balaban J connectivity index is 2.45. The summed E-state index contributed by atoms with van der Waals surface area (Å²) in [6.45, 7) is 1.72. The van der Waals surface area contributed by atoms with Crippen LogP contribution in [0.3, 0.4) is 0 Å². The van der Waals surface area contributed by atoms with Crippen molar-refractivity contribution in [2.24, 2.45) is 11.8 Å². The van der Waals surface area contributed by atoms with E-state index in [2.05, 4.69) is 0 Å². The first-order valence-corrected chi connectivity index (χ1v) is 6.69. The molecule has 1 fully saturated rings. The molecule has 0 aliphatic carbocycles. The summed E-state index contributed by atoms with van der Waals surface area (Å²) in [5.74, 6) is -3.21. The van der Waals surface area contributed by atoms with E-state index in [9.17, 15) is 19.8 Å². The second-order valence-corrected chi connectivity index (χ2v) is 5.16. The van der Waals surface area contributed by atoms with Gasteiger partial charge in [-0.15, -0.1) is 0 Å². The van der Waals surface area contributed by atoms with Gasteiger partial charge >= 0.3 is 0 Å². The normalized spacial score (nSPS) is 27.6. The molecule has 1 heterocycles. The fourth-order valence-corrected chi connectivity index (χ4v) is 3.07. The number of hydrogen-bond donors (Lipinski definition) is 1. The van der Waals surface area contributed by atoms with Crippen molar-refractivity contribution in [3.63, 3.8) is 0 Å². The molecule has 4 atom stereocenters. The van der Waals surface area contributed by atoms with E-state index in [1.807, 2.05) is 30.3 Å². The van der Waals surface area contributed by atoms with E-state index in [1.54, 1.807) is 14.0 Å². The lowest BCUT2D eigenvalue weighted by Crippen LogP contribution is -2.41. The molecule has 2 rings (SSSR count). The molecule has 1 N–H and O–H groups in total. The predicted octanol–water partition coefficient (Wildman–Crippen LogP) is -0.0471. The highest BCUT2D eigenvalue weighted by Gasteiger charge is 2.49. The molecule has 4 unspecified atom stereocenters. The third-order valence-electron chi connectivity index (χ3n) is 4.10. The first-order chi connectivity index (χ1) is 9.49. The lowest BCUT2D eigenvalue weighted by molar-refractivity contribution is -0.314. The van der Waals surface area contributed by atoms with E-state index in [4.69, 9.17) is 0 Å². The molecule has 0 aromatic heterocycles. The highest BCUT2D eigenvalue weighted by molar-refractivity contribution is 5.85. The summed E-state index contributed by atoms with van der Waals surface area (Å²) < 4.78 is 0. The highest BCUT2D eigenvalue weighted by atomic mass is 16.4. The van der Waals surface area contributed by atoms with Gasteiger partial charge in [0.2, 0.25) is 0 Å². The second kappa shape index (κ2) is 5.63.